The molecule has 4 heteroatoms. The van der Waals surface area contributed by atoms with Gasteiger partial charge in [0.1, 0.15) is 0 Å². The van der Waals surface area contributed by atoms with Crippen LogP contribution in [-0.4, -0.2) is 25.2 Å². The van der Waals surface area contributed by atoms with Gasteiger partial charge >= 0.3 is 11.9 Å². The quantitative estimate of drug-likeness (QED) is 0.301. The average molecular weight is 252 g/mol. The van der Waals surface area contributed by atoms with Gasteiger partial charge < -0.3 is 9.47 Å². The van der Waals surface area contributed by atoms with Gasteiger partial charge in [0, 0.05) is 6.42 Å². The number of esters is 2. The molecule has 0 saturated carbocycles. The molecule has 0 unspecified atom stereocenters. The van der Waals surface area contributed by atoms with Gasteiger partial charge in [-0.15, -0.1) is 18.9 Å². The molecule has 0 fully saturated rings. The zero-order valence-electron chi connectivity index (χ0n) is 11.2. The second-order valence-corrected chi connectivity index (χ2v) is 4.04. The number of hydrogen-bond donors (Lipinski definition) is 0. The smallest absolute Gasteiger partial charge is 0.324 e. The van der Waals surface area contributed by atoms with E-state index in [2.05, 4.69) is 12.5 Å². The average Bonchev–Trinajstić information content (AvgIpc) is 2.28. The van der Waals surface area contributed by atoms with Crippen molar-refractivity contribution in [2.45, 2.75) is 33.6 Å². The van der Waals surface area contributed by atoms with Crippen molar-refractivity contribution in [3.05, 3.63) is 12.2 Å². The van der Waals surface area contributed by atoms with Gasteiger partial charge in [-0.2, -0.15) is 0 Å². The van der Waals surface area contributed by atoms with Gasteiger partial charge in [0.15, 0.2) is 5.41 Å². The number of rotatable bonds is 7. The molecule has 0 aliphatic heterocycles. The lowest BCUT2D eigenvalue weighted by Gasteiger charge is -2.27. The van der Waals surface area contributed by atoms with Crippen molar-refractivity contribution in [1.29, 1.82) is 0 Å². The Labute approximate surface area is 108 Å². The van der Waals surface area contributed by atoms with Crippen molar-refractivity contribution in [2.24, 2.45) is 5.41 Å². The molecule has 0 amide bonds. The predicted octanol–water partition coefficient (Wildman–Crippen LogP) is 2.09. The van der Waals surface area contributed by atoms with Crippen LogP contribution in [0.4, 0.5) is 0 Å². The van der Waals surface area contributed by atoms with Crippen molar-refractivity contribution in [3.63, 3.8) is 0 Å². The van der Waals surface area contributed by atoms with Crippen LogP contribution in [0.3, 0.4) is 0 Å². The summed E-state index contributed by atoms with van der Waals surface area (Å²) in [6.45, 7) is 9.15. The SMILES string of the molecule is C#CCC(CC(=C)C)(C(=O)OCC)C(=O)OCC. The van der Waals surface area contributed by atoms with Gasteiger partial charge in [-0.1, -0.05) is 5.57 Å². The van der Waals surface area contributed by atoms with E-state index >= 15 is 0 Å². The minimum absolute atomic E-state index is 0.0580. The van der Waals surface area contributed by atoms with Crippen molar-refractivity contribution >= 4 is 11.9 Å². The molecule has 0 aliphatic rings. The highest BCUT2D eigenvalue weighted by Crippen LogP contribution is 2.33. The minimum Gasteiger partial charge on any atom is -0.465 e. The molecule has 0 bridgehead atoms. The van der Waals surface area contributed by atoms with Crippen molar-refractivity contribution in [1.82, 2.24) is 0 Å². The van der Waals surface area contributed by atoms with Crippen molar-refractivity contribution < 1.29 is 19.1 Å². The van der Waals surface area contributed by atoms with Crippen LogP contribution in [0, 0.1) is 17.8 Å². The van der Waals surface area contributed by atoms with E-state index in [4.69, 9.17) is 15.9 Å². The molecular formula is C14H20O4. The largest absolute Gasteiger partial charge is 0.465 e. The lowest BCUT2D eigenvalue weighted by atomic mass is 9.79. The molecule has 0 saturated heterocycles. The first-order valence-electron chi connectivity index (χ1n) is 5.86. The lowest BCUT2D eigenvalue weighted by Crippen LogP contribution is -2.42. The standard InChI is InChI=1S/C14H20O4/c1-6-9-14(10-11(4)5,12(15)17-7-2)13(16)18-8-3/h1H,4,7-10H2,2-3,5H3. The van der Waals surface area contributed by atoms with Crippen LogP contribution in [0.5, 0.6) is 0 Å². The highest BCUT2D eigenvalue weighted by molar-refractivity contribution is 6.00. The molecular weight excluding hydrogens is 232 g/mol. The Bertz CT molecular complexity index is 344. The molecule has 0 rings (SSSR count). The minimum atomic E-state index is -1.47. The Kier molecular flexibility index (Phi) is 6.81. The maximum Gasteiger partial charge on any atom is 0.324 e. The topological polar surface area (TPSA) is 52.6 Å². The summed E-state index contributed by atoms with van der Waals surface area (Å²) in [4.78, 5) is 24.1. The molecule has 0 aromatic heterocycles. The Morgan fingerprint density at radius 1 is 1.22 bits per heavy atom. The molecule has 0 spiro atoms. The first-order valence-corrected chi connectivity index (χ1v) is 5.86. The maximum atomic E-state index is 12.0. The van der Waals surface area contributed by atoms with E-state index in [9.17, 15) is 9.59 Å². The van der Waals surface area contributed by atoms with Crippen LogP contribution < -0.4 is 0 Å². The molecule has 0 radical (unpaired) electrons. The first kappa shape index (κ1) is 16.2. The van der Waals surface area contributed by atoms with Gasteiger partial charge in [-0.05, 0) is 27.2 Å². The summed E-state index contributed by atoms with van der Waals surface area (Å²) in [6, 6.07) is 0. The van der Waals surface area contributed by atoms with Gasteiger partial charge in [0.25, 0.3) is 0 Å². The van der Waals surface area contributed by atoms with Crippen LogP contribution in [0.1, 0.15) is 33.6 Å². The second-order valence-electron chi connectivity index (χ2n) is 4.04. The Balaban J connectivity index is 5.41. The van der Waals surface area contributed by atoms with E-state index in [-0.39, 0.29) is 26.1 Å². The highest BCUT2D eigenvalue weighted by atomic mass is 16.6. The van der Waals surface area contributed by atoms with Crippen LogP contribution in [-0.2, 0) is 19.1 Å². The Morgan fingerprint density at radius 2 is 1.67 bits per heavy atom. The first-order chi connectivity index (χ1) is 8.44. The third-order valence-electron chi connectivity index (χ3n) is 2.34. The monoisotopic (exact) mass is 252 g/mol. The number of terminal acetylenes is 1. The number of carbonyl (C=O) groups is 2. The molecule has 0 aliphatic carbocycles. The van der Waals surface area contributed by atoms with E-state index in [1.165, 1.54) is 0 Å². The normalized spacial score (nSPS) is 10.3. The summed E-state index contributed by atoms with van der Waals surface area (Å²) >= 11 is 0. The molecule has 0 aromatic rings. The number of hydrogen-bond acceptors (Lipinski definition) is 4. The summed E-state index contributed by atoms with van der Waals surface area (Å²) in [6.07, 6.45) is 5.34. The maximum absolute atomic E-state index is 12.0. The van der Waals surface area contributed by atoms with E-state index < -0.39 is 17.4 Å². The molecule has 18 heavy (non-hydrogen) atoms. The van der Waals surface area contributed by atoms with Crippen LogP contribution >= 0.6 is 0 Å². The summed E-state index contributed by atoms with van der Waals surface area (Å²) in [5, 5.41) is 0. The molecule has 100 valence electrons. The van der Waals surface area contributed by atoms with Gasteiger partial charge in [0.05, 0.1) is 13.2 Å². The zero-order valence-corrected chi connectivity index (χ0v) is 11.2. The van der Waals surface area contributed by atoms with Crippen LogP contribution in [0.25, 0.3) is 0 Å². The number of carbonyl (C=O) groups excluding carboxylic acids is 2. The molecule has 0 heterocycles. The fraction of sp³-hybridized carbons (Fsp3) is 0.571. The van der Waals surface area contributed by atoms with E-state index in [0.717, 1.165) is 0 Å². The molecule has 0 atom stereocenters. The molecule has 4 nitrogen and oxygen atoms in total. The predicted molar refractivity (Wildman–Crippen MR) is 68.6 cm³/mol. The van der Waals surface area contributed by atoms with Crippen molar-refractivity contribution in [3.8, 4) is 12.3 Å². The van der Waals surface area contributed by atoms with E-state index in [0.29, 0.717) is 5.57 Å². The van der Waals surface area contributed by atoms with Gasteiger partial charge in [0.2, 0.25) is 0 Å². The molecule has 0 N–H and O–H groups in total. The molecule has 0 aromatic carbocycles. The van der Waals surface area contributed by atoms with Crippen LogP contribution in [0.2, 0.25) is 0 Å². The fourth-order valence-electron chi connectivity index (χ4n) is 1.66. The fourth-order valence-corrected chi connectivity index (χ4v) is 1.66. The number of ether oxygens (including phenoxy) is 2. The lowest BCUT2D eigenvalue weighted by molar-refractivity contribution is -0.171. The summed E-state index contributed by atoms with van der Waals surface area (Å²) < 4.78 is 9.90. The summed E-state index contributed by atoms with van der Waals surface area (Å²) in [7, 11) is 0. The highest BCUT2D eigenvalue weighted by Gasteiger charge is 2.48. The van der Waals surface area contributed by atoms with Gasteiger partial charge in [-0.3, -0.25) is 9.59 Å². The Morgan fingerprint density at radius 3 is 1.94 bits per heavy atom. The van der Waals surface area contributed by atoms with Crippen LogP contribution in [0.15, 0.2) is 12.2 Å². The number of allylic oxidation sites excluding steroid dienone is 1. The third-order valence-corrected chi connectivity index (χ3v) is 2.34. The van der Waals surface area contributed by atoms with E-state index in [1.807, 2.05) is 0 Å². The Hall–Kier alpha value is -1.76. The second kappa shape index (κ2) is 7.54. The van der Waals surface area contributed by atoms with E-state index in [1.54, 1.807) is 20.8 Å². The van der Waals surface area contributed by atoms with Crippen molar-refractivity contribution in [2.75, 3.05) is 13.2 Å². The summed E-state index contributed by atoms with van der Waals surface area (Å²) in [5.74, 6) is 1.05. The summed E-state index contributed by atoms with van der Waals surface area (Å²) in [5.41, 5.74) is -0.793. The van der Waals surface area contributed by atoms with Gasteiger partial charge in [-0.25, -0.2) is 0 Å². The zero-order chi connectivity index (χ0) is 14.2. The third kappa shape index (κ3) is 3.92.